The number of hydrogen-bond acceptors (Lipinski definition) is 4. The van der Waals surface area contributed by atoms with Gasteiger partial charge >= 0.3 is 0 Å². The van der Waals surface area contributed by atoms with Crippen LogP contribution in [0.2, 0.25) is 0 Å². The summed E-state index contributed by atoms with van der Waals surface area (Å²) < 4.78 is 11.1. The van der Waals surface area contributed by atoms with E-state index >= 15 is 0 Å². The van der Waals surface area contributed by atoms with Crippen LogP contribution in [-0.2, 0) is 4.79 Å². The molecule has 0 saturated heterocycles. The van der Waals surface area contributed by atoms with Gasteiger partial charge in [-0.05, 0) is 24.8 Å². The van der Waals surface area contributed by atoms with Crippen molar-refractivity contribution in [2.24, 2.45) is 11.8 Å². The second kappa shape index (κ2) is 5.56. The number of aliphatic hydroxyl groups excluding tert-OH is 1. The zero-order chi connectivity index (χ0) is 15.0. The average molecular weight is 291 g/mol. The number of aliphatic hydroxyl groups is 1. The molecule has 2 N–H and O–H groups in total. The summed E-state index contributed by atoms with van der Waals surface area (Å²) in [5.74, 6) is 1.42. The van der Waals surface area contributed by atoms with E-state index in [9.17, 15) is 9.90 Å². The van der Waals surface area contributed by atoms with Gasteiger partial charge in [-0.3, -0.25) is 4.79 Å². The summed E-state index contributed by atoms with van der Waals surface area (Å²) >= 11 is 0. The van der Waals surface area contributed by atoms with E-state index in [-0.39, 0.29) is 17.7 Å². The summed E-state index contributed by atoms with van der Waals surface area (Å²) in [6, 6.07) is 3.54. The molecule has 21 heavy (non-hydrogen) atoms. The third kappa shape index (κ3) is 2.97. The van der Waals surface area contributed by atoms with Gasteiger partial charge < -0.3 is 19.9 Å². The van der Waals surface area contributed by atoms with Gasteiger partial charge in [0.2, 0.25) is 5.91 Å². The Morgan fingerprint density at radius 3 is 2.43 bits per heavy atom. The van der Waals surface area contributed by atoms with E-state index in [0.717, 1.165) is 12.8 Å². The Morgan fingerprint density at radius 1 is 1.24 bits per heavy atom. The molecule has 1 aromatic carbocycles. The number of ether oxygens (including phenoxy) is 2. The van der Waals surface area contributed by atoms with E-state index in [2.05, 4.69) is 5.32 Å². The highest BCUT2D eigenvalue weighted by Crippen LogP contribution is 2.40. The molecule has 1 aliphatic carbocycles. The van der Waals surface area contributed by atoms with Crippen LogP contribution < -0.4 is 14.8 Å². The summed E-state index contributed by atoms with van der Waals surface area (Å²) in [4.78, 5) is 12.0. The molecule has 2 aliphatic rings. The number of carbonyl (C=O) groups excluding carboxylic acids is 1. The topological polar surface area (TPSA) is 67.8 Å². The average Bonchev–Trinajstić information content (AvgIpc) is 3.30. The zero-order valence-electron chi connectivity index (χ0n) is 12.4. The maximum absolute atomic E-state index is 12.0. The summed E-state index contributed by atoms with van der Waals surface area (Å²) in [6.45, 7) is 4.87. The summed E-state index contributed by atoms with van der Waals surface area (Å²) in [7, 11) is 0. The van der Waals surface area contributed by atoms with Gasteiger partial charge in [-0.25, -0.2) is 0 Å². The van der Waals surface area contributed by atoms with E-state index in [0.29, 0.717) is 36.0 Å². The Labute approximate surface area is 124 Å². The van der Waals surface area contributed by atoms with Crippen molar-refractivity contribution in [1.29, 1.82) is 0 Å². The fraction of sp³-hybridized carbons (Fsp3) is 0.562. The van der Waals surface area contributed by atoms with Gasteiger partial charge in [-0.15, -0.1) is 0 Å². The first-order valence-corrected chi connectivity index (χ1v) is 7.48. The Hall–Kier alpha value is -1.75. The Kier molecular flexibility index (Phi) is 3.76. The minimum Gasteiger partial charge on any atom is -0.486 e. The van der Waals surface area contributed by atoms with E-state index in [1.807, 2.05) is 13.8 Å². The molecule has 1 atom stereocenters. The lowest BCUT2D eigenvalue weighted by atomic mass is 9.96. The molecule has 5 heteroatoms. The molecule has 0 radical (unpaired) electrons. The lowest BCUT2D eigenvalue weighted by molar-refractivity contribution is -0.117. The van der Waals surface area contributed by atoms with Crippen molar-refractivity contribution in [2.45, 2.75) is 32.8 Å². The maximum Gasteiger partial charge on any atom is 0.227 e. The van der Waals surface area contributed by atoms with Crippen LogP contribution in [0.5, 0.6) is 11.5 Å². The number of benzene rings is 1. The number of hydrogen-bond donors (Lipinski definition) is 2. The summed E-state index contributed by atoms with van der Waals surface area (Å²) in [6.07, 6.45) is 1.23. The van der Waals surface area contributed by atoms with Crippen LogP contribution in [-0.4, -0.2) is 24.2 Å². The van der Waals surface area contributed by atoms with Gasteiger partial charge in [0.05, 0.1) is 11.8 Å². The molecule has 114 valence electrons. The highest BCUT2D eigenvalue weighted by atomic mass is 16.6. The summed E-state index contributed by atoms with van der Waals surface area (Å²) in [5, 5.41) is 13.3. The highest BCUT2D eigenvalue weighted by molar-refractivity contribution is 5.95. The van der Waals surface area contributed by atoms with Crippen molar-refractivity contribution in [3.63, 3.8) is 0 Å². The highest BCUT2D eigenvalue weighted by Gasteiger charge is 2.31. The fourth-order valence-electron chi connectivity index (χ4n) is 2.40. The molecule has 1 heterocycles. The third-order valence-corrected chi connectivity index (χ3v) is 3.87. The van der Waals surface area contributed by atoms with Crippen molar-refractivity contribution < 1.29 is 19.4 Å². The molecule has 1 unspecified atom stereocenters. The largest absolute Gasteiger partial charge is 0.486 e. The second-order valence-electron chi connectivity index (χ2n) is 6.04. The minimum atomic E-state index is -0.657. The first kappa shape index (κ1) is 14.2. The number of carbonyl (C=O) groups is 1. The first-order chi connectivity index (χ1) is 10.1. The molecule has 1 fully saturated rings. The van der Waals surface area contributed by atoms with Crippen molar-refractivity contribution in [3.8, 4) is 11.5 Å². The second-order valence-corrected chi connectivity index (χ2v) is 6.04. The predicted molar refractivity (Wildman–Crippen MR) is 78.6 cm³/mol. The van der Waals surface area contributed by atoms with Gasteiger partial charge in [0.15, 0.2) is 11.5 Å². The quantitative estimate of drug-likeness (QED) is 0.894. The van der Waals surface area contributed by atoms with Crippen LogP contribution in [0.1, 0.15) is 38.4 Å². The smallest absolute Gasteiger partial charge is 0.227 e. The van der Waals surface area contributed by atoms with Crippen molar-refractivity contribution in [1.82, 2.24) is 0 Å². The molecule has 0 bridgehead atoms. The molecule has 3 rings (SSSR count). The Morgan fingerprint density at radius 2 is 1.86 bits per heavy atom. The van der Waals surface area contributed by atoms with Crippen LogP contribution in [0.3, 0.4) is 0 Å². The van der Waals surface area contributed by atoms with E-state index in [1.165, 1.54) is 0 Å². The van der Waals surface area contributed by atoms with E-state index in [4.69, 9.17) is 9.47 Å². The molecule has 1 amide bonds. The molecule has 1 aliphatic heterocycles. The number of rotatable bonds is 4. The fourth-order valence-corrected chi connectivity index (χ4v) is 2.40. The van der Waals surface area contributed by atoms with Crippen molar-refractivity contribution in [2.75, 3.05) is 18.5 Å². The van der Waals surface area contributed by atoms with Crippen LogP contribution in [0, 0.1) is 11.8 Å². The van der Waals surface area contributed by atoms with Gasteiger partial charge in [-0.2, -0.15) is 0 Å². The van der Waals surface area contributed by atoms with Gasteiger partial charge in [0.25, 0.3) is 0 Å². The normalized spacial score (nSPS) is 18.5. The van der Waals surface area contributed by atoms with Crippen LogP contribution >= 0.6 is 0 Å². The minimum absolute atomic E-state index is 0.0175. The standard InChI is InChI=1S/C16H21NO4/c1-9(2)15(18)11-7-13-14(21-6-5-20-13)8-12(11)17-16(19)10-3-4-10/h7-10,15,18H,3-6H2,1-2H3,(H,17,19). The van der Waals surface area contributed by atoms with E-state index in [1.54, 1.807) is 12.1 Å². The molecule has 1 saturated carbocycles. The Bertz CT molecular complexity index is 551. The van der Waals surface area contributed by atoms with Gasteiger partial charge in [-0.1, -0.05) is 13.8 Å². The molecule has 0 spiro atoms. The lowest BCUT2D eigenvalue weighted by Gasteiger charge is -2.24. The third-order valence-electron chi connectivity index (χ3n) is 3.87. The first-order valence-electron chi connectivity index (χ1n) is 7.48. The number of fused-ring (bicyclic) bond motifs is 1. The molecule has 1 aromatic rings. The van der Waals surface area contributed by atoms with Crippen LogP contribution in [0.4, 0.5) is 5.69 Å². The number of nitrogens with one attached hydrogen (secondary N) is 1. The molecule has 0 aromatic heterocycles. The molecular formula is C16H21NO4. The van der Waals surface area contributed by atoms with Crippen LogP contribution in [0.25, 0.3) is 0 Å². The monoisotopic (exact) mass is 291 g/mol. The molecule has 5 nitrogen and oxygen atoms in total. The van der Waals surface area contributed by atoms with Crippen molar-refractivity contribution in [3.05, 3.63) is 17.7 Å². The van der Waals surface area contributed by atoms with Crippen LogP contribution in [0.15, 0.2) is 12.1 Å². The van der Waals surface area contributed by atoms with Crippen molar-refractivity contribution >= 4 is 11.6 Å². The van der Waals surface area contributed by atoms with E-state index < -0.39 is 6.10 Å². The summed E-state index contributed by atoms with van der Waals surface area (Å²) in [5.41, 5.74) is 1.31. The maximum atomic E-state index is 12.0. The number of anilines is 1. The zero-order valence-corrected chi connectivity index (χ0v) is 12.4. The number of amides is 1. The van der Waals surface area contributed by atoms with Gasteiger partial charge in [0.1, 0.15) is 13.2 Å². The lowest BCUT2D eigenvalue weighted by Crippen LogP contribution is -2.20. The van der Waals surface area contributed by atoms with Gasteiger partial charge in [0, 0.05) is 17.5 Å². The predicted octanol–water partition coefficient (Wildman–Crippen LogP) is 2.50. The molecular weight excluding hydrogens is 270 g/mol. The SMILES string of the molecule is CC(C)C(O)c1cc2c(cc1NC(=O)C1CC1)OCCO2. The Balaban J connectivity index is 1.95.